The Kier molecular flexibility index (Phi) is 3.79. The van der Waals surface area contributed by atoms with E-state index in [1.165, 1.54) is 6.39 Å². The molecular formula is C12H22N4O. The highest BCUT2D eigenvalue weighted by atomic mass is 16.5. The van der Waals surface area contributed by atoms with Crippen molar-refractivity contribution in [2.45, 2.75) is 33.2 Å². The highest BCUT2D eigenvalue weighted by Gasteiger charge is 2.28. The van der Waals surface area contributed by atoms with Crippen LogP contribution in [0.3, 0.4) is 0 Å². The van der Waals surface area contributed by atoms with Gasteiger partial charge in [0.05, 0.1) is 0 Å². The second-order valence-electron chi connectivity index (χ2n) is 5.77. The van der Waals surface area contributed by atoms with Gasteiger partial charge < -0.3 is 14.7 Å². The van der Waals surface area contributed by atoms with Gasteiger partial charge in [0.25, 0.3) is 0 Å². The normalized spacial score (nSPS) is 22.9. The van der Waals surface area contributed by atoms with E-state index < -0.39 is 0 Å². The highest BCUT2D eigenvalue weighted by Crippen LogP contribution is 2.21. The van der Waals surface area contributed by atoms with E-state index in [1.807, 2.05) is 0 Å². The summed E-state index contributed by atoms with van der Waals surface area (Å²) in [6, 6.07) is 0.557. The maximum Gasteiger partial charge on any atom is 0.213 e. The molecule has 0 spiro atoms. The van der Waals surface area contributed by atoms with Crippen LogP contribution in [0.4, 0.5) is 0 Å². The van der Waals surface area contributed by atoms with E-state index in [1.54, 1.807) is 0 Å². The third-order valence-corrected chi connectivity index (χ3v) is 3.36. The molecule has 1 fully saturated rings. The molecule has 0 aromatic carbocycles. The maximum absolute atomic E-state index is 4.74. The fourth-order valence-electron chi connectivity index (χ4n) is 2.15. The molecule has 2 rings (SSSR count). The van der Waals surface area contributed by atoms with Crippen LogP contribution in [0.15, 0.2) is 10.9 Å². The molecule has 17 heavy (non-hydrogen) atoms. The maximum atomic E-state index is 4.74. The van der Waals surface area contributed by atoms with Gasteiger partial charge in [0, 0.05) is 38.6 Å². The molecule has 1 saturated heterocycles. The van der Waals surface area contributed by atoms with E-state index >= 15 is 0 Å². The number of rotatable bonds is 3. The first-order valence-electron chi connectivity index (χ1n) is 6.27. The first-order valence-corrected chi connectivity index (χ1v) is 6.27. The number of piperazine rings is 1. The fraction of sp³-hybridized carbons (Fsp3) is 0.833. The first-order chi connectivity index (χ1) is 8.05. The zero-order chi connectivity index (χ0) is 12.3. The van der Waals surface area contributed by atoms with Crippen molar-refractivity contribution in [3.05, 3.63) is 12.2 Å². The van der Waals surface area contributed by atoms with Gasteiger partial charge in [0.2, 0.25) is 6.39 Å². The van der Waals surface area contributed by atoms with Gasteiger partial charge in [0.15, 0.2) is 5.82 Å². The van der Waals surface area contributed by atoms with Crippen LogP contribution in [-0.4, -0.2) is 47.3 Å². The topological polar surface area (TPSA) is 54.2 Å². The highest BCUT2D eigenvalue weighted by molar-refractivity contribution is 4.88. The van der Waals surface area contributed by atoms with Crippen molar-refractivity contribution in [1.29, 1.82) is 0 Å². The minimum absolute atomic E-state index is 0.310. The molecule has 0 bridgehead atoms. The van der Waals surface area contributed by atoms with Crippen molar-refractivity contribution in [1.82, 2.24) is 20.4 Å². The van der Waals surface area contributed by atoms with Gasteiger partial charge in [-0.1, -0.05) is 25.9 Å². The summed E-state index contributed by atoms with van der Waals surface area (Å²) < 4.78 is 4.74. The Morgan fingerprint density at radius 2 is 2.35 bits per heavy atom. The molecule has 5 heteroatoms. The summed E-state index contributed by atoms with van der Waals surface area (Å²) in [4.78, 5) is 6.52. The van der Waals surface area contributed by atoms with E-state index in [0.717, 1.165) is 38.4 Å². The largest absolute Gasteiger partial charge is 0.343 e. The van der Waals surface area contributed by atoms with Gasteiger partial charge >= 0.3 is 0 Å². The Bertz CT molecular complexity index is 331. The van der Waals surface area contributed by atoms with Crippen molar-refractivity contribution >= 4 is 0 Å². The molecule has 5 nitrogen and oxygen atoms in total. The monoisotopic (exact) mass is 238 g/mol. The molecule has 2 heterocycles. The zero-order valence-corrected chi connectivity index (χ0v) is 10.9. The quantitative estimate of drug-likeness (QED) is 0.849. The van der Waals surface area contributed by atoms with E-state index in [0.29, 0.717) is 11.5 Å². The molecule has 1 aliphatic heterocycles. The Labute approximate surface area is 103 Å². The van der Waals surface area contributed by atoms with E-state index in [9.17, 15) is 0 Å². The van der Waals surface area contributed by atoms with Crippen LogP contribution in [-0.2, 0) is 6.42 Å². The SMILES string of the molecule is CC(C)(C)C1CN(CCc2ncon2)CCN1. The van der Waals surface area contributed by atoms with Crippen LogP contribution in [0, 0.1) is 5.41 Å². The zero-order valence-electron chi connectivity index (χ0n) is 10.9. The van der Waals surface area contributed by atoms with Crippen LogP contribution in [0.5, 0.6) is 0 Å². The average molecular weight is 238 g/mol. The summed E-state index contributed by atoms with van der Waals surface area (Å²) in [6.07, 6.45) is 2.26. The van der Waals surface area contributed by atoms with E-state index in [4.69, 9.17) is 4.52 Å². The van der Waals surface area contributed by atoms with Crippen LogP contribution in [0.1, 0.15) is 26.6 Å². The van der Waals surface area contributed by atoms with Gasteiger partial charge in [-0.3, -0.25) is 0 Å². The van der Waals surface area contributed by atoms with Crippen LogP contribution < -0.4 is 5.32 Å². The molecule has 0 radical (unpaired) electrons. The van der Waals surface area contributed by atoms with Crippen molar-refractivity contribution in [3.8, 4) is 0 Å². The summed E-state index contributed by atoms with van der Waals surface area (Å²) in [7, 11) is 0. The molecule has 0 amide bonds. The number of hydrogen-bond acceptors (Lipinski definition) is 5. The number of nitrogens with zero attached hydrogens (tertiary/aromatic N) is 3. The molecule has 96 valence electrons. The minimum atomic E-state index is 0.310. The number of nitrogens with one attached hydrogen (secondary N) is 1. The van der Waals surface area contributed by atoms with Crippen molar-refractivity contribution < 1.29 is 4.52 Å². The van der Waals surface area contributed by atoms with Gasteiger partial charge in [-0.15, -0.1) is 0 Å². The lowest BCUT2D eigenvalue weighted by molar-refractivity contribution is 0.135. The Morgan fingerprint density at radius 3 is 3.00 bits per heavy atom. The number of aromatic nitrogens is 2. The molecule has 1 aliphatic rings. The van der Waals surface area contributed by atoms with Crippen molar-refractivity contribution in [2.24, 2.45) is 5.41 Å². The molecule has 0 aliphatic carbocycles. The van der Waals surface area contributed by atoms with Gasteiger partial charge in [-0.25, -0.2) is 0 Å². The van der Waals surface area contributed by atoms with E-state index in [-0.39, 0.29) is 0 Å². The van der Waals surface area contributed by atoms with Gasteiger partial charge in [0.1, 0.15) is 0 Å². The predicted octanol–water partition coefficient (Wildman–Crippen LogP) is 0.932. The lowest BCUT2D eigenvalue weighted by Gasteiger charge is -2.40. The standard InChI is InChI=1S/C12H22N4O/c1-12(2,3)10-8-16(7-5-13-10)6-4-11-14-9-17-15-11/h9-10,13H,4-8H2,1-3H3. The third-order valence-electron chi connectivity index (χ3n) is 3.36. The molecular weight excluding hydrogens is 216 g/mol. The van der Waals surface area contributed by atoms with Crippen molar-refractivity contribution in [3.63, 3.8) is 0 Å². The second kappa shape index (κ2) is 5.14. The van der Waals surface area contributed by atoms with Crippen LogP contribution in [0.25, 0.3) is 0 Å². The lowest BCUT2D eigenvalue weighted by Crippen LogP contribution is -2.56. The third kappa shape index (κ3) is 3.51. The molecule has 1 N–H and O–H groups in total. The molecule has 1 aromatic heterocycles. The smallest absolute Gasteiger partial charge is 0.213 e. The Hall–Kier alpha value is -0.940. The Morgan fingerprint density at radius 1 is 1.53 bits per heavy atom. The summed E-state index contributed by atoms with van der Waals surface area (Å²) in [5, 5.41) is 7.43. The Balaban J connectivity index is 1.81. The molecule has 0 saturated carbocycles. The molecule has 1 aromatic rings. The van der Waals surface area contributed by atoms with Crippen molar-refractivity contribution in [2.75, 3.05) is 26.2 Å². The molecule has 1 unspecified atom stereocenters. The van der Waals surface area contributed by atoms with Gasteiger partial charge in [-0.2, -0.15) is 4.98 Å². The fourth-order valence-corrected chi connectivity index (χ4v) is 2.15. The number of hydrogen-bond donors (Lipinski definition) is 1. The summed E-state index contributed by atoms with van der Waals surface area (Å²) in [5.74, 6) is 0.802. The summed E-state index contributed by atoms with van der Waals surface area (Å²) in [5.41, 5.74) is 0.310. The van der Waals surface area contributed by atoms with E-state index in [2.05, 4.69) is 41.1 Å². The summed E-state index contributed by atoms with van der Waals surface area (Å²) >= 11 is 0. The van der Waals surface area contributed by atoms with Crippen LogP contribution >= 0.6 is 0 Å². The predicted molar refractivity (Wildman–Crippen MR) is 65.7 cm³/mol. The average Bonchev–Trinajstić information content (AvgIpc) is 2.78. The van der Waals surface area contributed by atoms with Crippen LogP contribution in [0.2, 0.25) is 0 Å². The van der Waals surface area contributed by atoms with Gasteiger partial charge in [-0.05, 0) is 5.41 Å². The first kappa shape index (κ1) is 12.5. The summed E-state index contributed by atoms with van der Waals surface area (Å²) in [6.45, 7) is 11.1. The minimum Gasteiger partial charge on any atom is -0.343 e. The molecule has 1 atom stereocenters. The second-order valence-corrected chi connectivity index (χ2v) is 5.77. The lowest BCUT2D eigenvalue weighted by atomic mass is 9.85.